The van der Waals surface area contributed by atoms with Gasteiger partial charge in [0.15, 0.2) is 11.9 Å². The molecule has 0 N–H and O–H groups in total. The van der Waals surface area contributed by atoms with Crippen molar-refractivity contribution >= 4 is 11.7 Å². The molecular weight excluding hydrogens is 258 g/mol. The van der Waals surface area contributed by atoms with Crippen LogP contribution in [0.5, 0.6) is 5.75 Å². The lowest BCUT2D eigenvalue weighted by atomic mass is 10.1. The number of carbonyl (C=O) groups excluding carboxylic acids is 2. The second-order valence-corrected chi connectivity index (χ2v) is 4.75. The van der Waals surface area contributed by atoms with Crippen LogP contribution in [0.25, 0.3) is 0 Å². The zero-order valence-electron chi connectivity index (χ0n) is 11.8. The average molecular weight is 277 g/mol. The van der Waals surface area contributed by atoms with Gasteiger partial charge in [-0.05, 0) is 26.0 Å². The molecule has 1 aliphatic heterocycles. The Labute approximate surface area is 118 Å². The Balaban J connectivity index is 2.05. The molecule has 0 aromatic heterocycles. The molecule has 5 heteroatoms. The lowest BCUT2D eigenvalue weighted by Crippen LogP contribution is -2.46. The van der Waals surface area contributed by atoms with Crippen molar-refractivity contribution in [1.29, 1.82) is 0 Å². The van der Waals surface area contributed by atoms with Crippen LogP contribution in [-0.4, -0.2) is 49.0 Å². The summed E-state index contributed by atoms with van der Waals surface area (Å²) < 4.78 is 10.9. The first-order valence-corrected chi connectivity index (χ1v) is 6.72. The first-order valence-electron chi connectivity index (χ1n) is 6.72. The average Bonchev–Trinajstić information content (AvgIpc) is 2.47. The Bertz CT molecular complexity index is 494. The topological polar surface area (TPSA) is 55.8 Å². The molecule has 0 radical (unpaired) electrons. The molecule has 1 aromatic rings. The molecule has 0 bridgehead atoms. The molecule has 0 aliphatic carbocycles. The van der Waals surface area contributed by atoms with E-state index in [1.54, 1.807) is 36.1 Å². The molecule has 5 nitrogen and oxygen atoms in total. The van der Waals surface area contributed by atoms with E-state index < -0.39 is 6.10 Å². The Morgan fingerprint density at radius 3 is 2.55 bits per heavy atom. The minimum atomic E-state index is -0.617. The third-order valence-corrected chi connectivity index (χ3v) is 3.24. The number of ketones is 1. The van der Waals surface area contributed by atoms with Crippen molar-refractivity contribution in [2.45, 2.75) is 20.0 Å². The third kappa shape index (κ3) is 3.36. The van der Waals surface area contributed by atoms with Crippen molar-refractivity contribution in [3.63, 3.8) is 0 Å². The molecule has 2 rings (SSSR count). The molecule has 1 saturated heterocycles. The van der Waals surface area contributed by atoms with Gasteiger partial charge in [0.05, 0.1) is 18.8 Å². The van der Waals surface area contributed by atoms with E-state index in [2.05, 4.69) is 0 Å². The van der Waals surface area contributed by atoms with Gasteiger partial charge >= 0.3 is 0 Å². The summed E-state index contributed by atoms with van der Waals surface area (Å²) in [4.78, 5) is 25.5. The van der Waals surface area contributed by atoms with Crippen LogP contribution in [-0.2, 0) is 9.53 Å². The fourth-order valence-corrected chi connectivity index (χ4v) is 2.14. The van der Waals surface area contributed by atoms with E-state index in [1.807, 2.05) is 0 Å². The number of para-hydroxylation sites is 1. The van der Waals surface area contributed by atoms with Crippen molar-refractivity contribution < 1.29 is 19.1 Å². The SMILES string of the molecule is CC(=O)c1ccccc1OC(C)C(=O)N1CCOCC1. The lowest BCUT2D eigenvalue weighted by molar-refractivity contribution is -0.142. The first kappa shape index (κ1) is 14.5. The predicted octanol–water partition coefficient (Wildman–Crippen LogP) is 1.52. The maximum atomic E-state index is 12.2. The largest absolute Gasteiger partial charge is 0.480 e. The van der Waals surface area contributed by atoms with Crippen LogP contribution in [0, 0.1) is 0 Å². The molecular formula is C15H19NO4. The normalized spacial score (nSPS) is 16.6. The second-order valence-electron chi connectivity index (χ2n) is 4.75. The molecule has 1 heterocycles. The van der Waals surface area contributed by atoms with E-state index >= 15 is 0 Å². The Kier molecular flexibility index (Phi) is 4.74. The Morgan fingerprint density at radius 2 is 1.90 bits per heavy atom. The van der Waals surface area contributed by atoms with E-state index in [9.17, 15) is 9.59 Å². The number of hydrogen-bond donors (Lipinski definition) is 0. The van der Waals surface area contributed by atoms with Crippen molar-refractivity contribution in [3.8, 4) is 5.75 Å². The molecule has 0 spiro atoms. The highest BCUT2D eigenvalue weighted by Gasteiger charge is 2.24. The van der Waals surface area contributed by atoms with Gasteiger partial charge in [-0.1, -0.05) is 12.1 Å². The van der Waals surface area contributed by atoms with E-state index in [0.717, 1.165) is 0 Å². The number of morpholine rings is 1. The number of nitrogens with zero attached hydrogens (tertiary/aromatic N) is 1. The van der Waals surface area contributed by atoms with Crippen molar-refractivity contribution in [2.75, 3.05) is 26.3 Å². The standard InChI is InChI=1S/C15H19NO4/c1-11(17)13-5-3-4-6-14(13)20-12(2)15(18)16-7-9-19-10-8-16/h3-6,12H,7-10H2,1-2H3. The van der Waals surface area contributed by atoms with Gasteiger partial charge in [0.2, 0.25) is 0 Å². The molecule has 1 fully saturated rings. The molecule has 0 saturated carbocycles. The zero-order chi connectivity index (χ0) is 14.5. The minimum Gasteiger partial charge on any atom is -0.480 e. The summed E-state index contributed by atoms with van der Waals surface area (Å²) in [6.45, 7) is 5.47. The van der Waals surface area contributed by atoms with Crippen molar-refractivity contribution in [3.05, 3.63) is 29.8 Å². The van der Waals surface area contributed by atoms with Crippen LogP contribution in [0.2, 0.25) is 0 Å². The van der Waals surface area contributed by atoms with Gasteiger partial charge in [-0.2, -0.15) is 0 Å². The van der Waals surface area contributed by atoms with Crippen LogP contribution in [0.1, 0.15) is 24.2 Å². The zero-order valence-corrected chi connectivity index (χ0v) is 11.8. The smallest absolute Gasteiger partial charge is 0.263 e. The number of benzene rings is 1. The summed E-state index contributed by atoms with van der Waals surface area (Å²) in [5.74, 6) is 0.299. The Morgan fingerprint density at radius 1 is 1.25 bits per heavy atom. The van der Waals surface area contributed by atoms with Crippen LogP contribution >= 0.6 is 0 Å². The summed E-state index contributed by atoms with van der Waals surface area (Å²) in [7, 11) is 0. The van der Waals surface area contributed by atoms with E-state index in [4.69, 9.17) is 9.47 Å². The second kappa shape index (κ2) is 6.52. The predicted molar refractivity (Wildman–Crippen MR) is 73.9 cm³/mol. The van der Waals surface area contributed by atoms with Gasteiger partial charge in [-0.3, -0.25) is 9.59 Å². The van der Waals surface area contributed by atoms with Gasteiger partial charge < -0.3 is 14.4 Å². The fraction of sp³-hybridized carbons (Fsp3) is 0.467. The maximum Gasteiger partial charge on any atom is 0.263 e. The molecule has 1 amide bonds. The third-order valence-electron chi connectivity index (χ3n) is 3.24. The molecule has 1 aliphatic rings. The van der Waals surface area contributed by atoms with Crippen LogP contribution in [0.3, 0.4) is 0 Å². The number of ether oxygens (including phenoxy) is 2. The van der Waals surface area contributed by atoms with E-state index in [-0.39, 0.29) is 11.7 Å². The van der Waals surface area contributed by atoms with Gasteiger partial charge in [0, 0.05) is 13.1 Å². The van der Waals surface area contributed by atoms with E-state index in [1.165, 1.54) is 6.92 Å². The van der Waals surface area contributed by atoms with Gasteiger partial charge in [0.25, 0.3) is 5.91 Å². The quantitative estimate of drug-likeness (QED) is 0.783. The maximum absolute atomic E-state index is 12.2. The highest BCUT2D eigenvalue weighted by molar-refractivity contribution is 5.96. The first-order chi connectivity index (χ1) is 9.59. The summed E-state index contributed by atoms with van der Waals surface area (Å²) >= 11 is 0. The summed E-state index contributed by atoms with van der Waals surface area (Å²) in [5, 5.41) is 0. The van der Waals surface area contributed by atoms with Crippen LogP contribution in [0.4, 0.5) is 0 Å². The number of rotatable bonds is 4. The molecule has 1 aromatic carbocycles. The number of carbonyl (C=O) groups is 2. The highest BCUT2D eigenvalue weighted by atomic mass is 16.5. The molecule has 20 heavy (non-hydrogen) atoms. The number of amides is 1. The van der Waals surface area contributed by atoms with Gasteiger partial charge in [0.1, 0.15) is 5.75 Å². The lowest BCUT2D eigenvalue weighted by Gasteiger charge is -2.29. The summed E-state index contributed by atoms with van der Waals surface area (Å²) in [6.07, 6.45) is -0.617. The van der Waals surface area contributed by atoms with Crippen LogP contribution in [0.15, 0.2) is 24.3 Å². The fourth-order valence-electron chi connectivity index (χ4n) is 2.14. The molecule has 1 atom stereocenters. The monoisotopic (exact) mass is 277 g/mol. The van der Waals surface area contributed by atoms with Crippen LogP contribution < -0.4 is 4.74 Å². The minimum absolute atomic E-state index is 0.0772. The summed E-state index contributed by atoms with van der Waals surface area (Å²) in [5.41, 5.74) is 0.495. The van der Waals surface area contributed by atoms with Crippen molar-refractivity contribution in [2.24, 2.45) is 0 Å². The Hall–Kier alpha value is -1.88. The van der Waals surface area contributed by atoms with Crippen molar-refractivity contribution in [1.82, 2.24) is 4.90 Å². The summed E-state index contributed by atoms with van der Waals surface area (Å²) in [6, 6.07) is 6.97. The molecule has 108 valence electrons. The molecule has 1 unspecified atom stereocenters. The van der Waals surface area contributed by atoms with E-state index in [0.29, 0.717) is 37.6 Å². The number of hydrogen-bond acceptors (Lipinski definition) is 4. The van der Waals surface area contributed by atoms with Gasteiger partial charge in [-0.25, -0.2) is 0 Å². The highest BCUT2D eigenvalue weighted by Crippen LogP contribution is 2.20. The van der Waals surface area contributed by atoms with Gasteiger partial charge in [-0.15, -0.1) is 0 Å². The number of Topliss-reactive ketones (excluding diaryl/α,β-unsaturated/α-hetero) is 1.